The SMILES string of the molecule is N=Cc1ccc2c(c1)Cc1ccccc1-2. The minimum atomic E-state index is 0.988. The highest BCUT2D eigenvalue weighted by Gasteiger charge is 2.17. The van der Waals surface area contributed by atoms with E-state index < -0.39 is 0 Å². The van der Waals surface area contributed by atoms with Gasteiger partial charge in [-0.25, -0.2) is 0 Å². The molecule has 0 atom stereocenters. The summed E-state index contributed by atoms with van der Waals surface area (Å²) in [7, 11) is 0. The maximum atomic E-state index is 7.24. The summed E-state index contributed by atoms with van der Waals surface area (Å²) in [5, 5.41) is 7.24. The van der Waals surface area contributed by atoms with Crippen LogP contribution in [0.3, 0.4) is 0 Å². The first-order valence-corrected chi connectivity index (χ1v) is 5.10. The molecule has 0 heterocycles. The normalized spacial score (nSPS) is 12.0. The largest absolute Gasteiger partial charge is 0.308 e. The third kappa shape index (κ3) is 1.20. The van der Waals surface area contributed by atoms with Crippen LogP contribution >= 0.6 is 0 Å². The summed E-state index contributed by atoms with van der Waals surface area (Å²) in [6.07, 6.45) is 2.41. The maximum absolute atomic E-state index is 7.24. The van der Waals surface area contributed by atoms with Crippen molar-refractivity contribution in [2.45, 2.75) is 6.42 Å². The predicted octanol–water partition coefficient (Wildman–Crippen LogP) is 3.26. The van der Waals surface area contributed by atoms with Gasteiger partial charge in [-0.15, -0.1) is 0 Å². The van der Waals surface area contributed by atoms with Crippen LogP contribution < -0.4 is 0 Å². The molecule has 72 valence electrons. The summed E-state index contributed by atoms with van der Waals surface area (Å²) >= 11 is 0. The molecule has 15 heavy (non-hydrogen) atoms. The van der Waals surface area contributed by atoms with Gasteiger partial charge in [0.2, 0.25) is 0 Å². The summed E-state index contributed by atoms with van der Waals surface area (Å²) in [4.78, 5) is 0. The van der Waals surface area contributed by atoms with E-state index in [1.165, 1.54) is 28.5 Å². The molecule has 0 spiro atoms. The van der Waals surface area contributed by atoms with E-state index in [1.54, 1.807) is 0 Å². The first-order valence-electron chi connectivity index (χ1n) is 5.10. The molecule has 0 unspecified atom stereocenters. The number of hydrogen-bond donors (Lipinski definition) is 1. The monoisotopic (exact) mass is 193 g/mol. The van der Waals surface area contributed by atoms with Gasteiger partial charge in [0.15, 0.2) is 0 Å². The Balaban J connectivity index is 2.22. The molecule has 2 aromatic rings. The van der Waals surface area contributed by atoms with Gasteiger partial charge in [0.1, 0.15) is 0 Å². The van der Waals surface area contributed by atoms with Crippen LogP contribution in [0.4, 0.5) is 0 Å². The zero-order chi connectivity index (χ0) is 10.3. The Morgan fingerprint density at radius 1 is 0.933 bits per heavy atom. The van der Waals surface area contributed by atoms with Crippen molar-refractivity contribution in [1.29, 1.82) is 5.41 Å². The Morgan fingerprint density at radius 2 is 1.73 bits per heavy atom. The van der Waals surface area contributed by atoms with Crippen LogP contribution in [-0.4, -0.2) is 6.21 Å². The maximum Gasteiger partial charge on any atom is 0.0250 e. The van der Waals surface area contributed by atoms with Crippen LogP contribution in [0.2, 0.25) is 0 Å². The average Bonchev–Trinajstić information content (AvgIpc) is 2.66. The fourth-order valence-electron chi connectivity index (χ4n) is 2.25. The molecule has 0 saturated heterocycles. The number of fused-ring (bicyclic) bond motifs is 3. The van der Waals surface area contributed by atoms with Crippen molar-refractivity contribution in [2.24, 2.45) is 0 Å². The zero-order valence-corrected chi connectivity index (χ0v) is 8.33. The first-order chi connectivity index (χ1) is 7.38. The molecule has 0 amide bonds. The van der Waals surface area contributed by atoms with Gasteiger partial charge in [-0.1, -0.05) is 36.4 Å². The predicted molar refractivity (Wildman–Crippen MR) is 62.6 cm³/mol. The molecular weight excluding hydrogens is 182 g/mol. The van der Waals surface area contributed by atoms with Gasteiger partial charge >= 0.3 is 0 Å². The number of rotatable bonds is 1. The van der Waals surface area contributed by atoms with Crippen LogP contribution in [-0.2, 0) is 6.42 Å². The van der Waals surface area contributed by atoms with E-state index in [-0.39, 0.29) is 0 Å². The van der Waals surface area contributed by atoms with E-state index in [4.69, 9.17) is 5.41 Å². The lowest BCUT2D eigenvalue weighted by Gasteiger charge is -2.00. The highest BCUT2D eigenvalue weighted by Crippen LogP contribution is 2.36. The molecule has 0 saturated carbocycles. The summed E-state index contributed by atoms with van der Waals surface area (Å²) in [6, 6.07) is 14.8. The Morgan fingerprint density at radius 3 is 2.60 bits per heavy atom. The summed E-state index contributed by atoms with van der Waals surface area (Å²) in [5.74, 6) is 0. The van der Waals surface area contributed by atoms with Gasteiger partial charge in [0.25, 0.3) is 0 Å². The first kappa shape index (κ1) is 8.42. The van der Waals surface area contributed by atoms with Gasteiger partial charge in [0.05, 0.1) is 0 Å². The number of benzene rings is 2. The van der Waals surface area contributed by atoms with Gasteiger partial charge in [0, 0.05) is 6.21 Å². The van der Waals surface area contributed by atoms with Gasteiger partial charge in [-0.3, -0.25) is 0 Å². The Bertz CT molecular complexity index is 541. The number of nitrogens with one attached hydrogen (secondary N) is 1. The molecule has 2 aromatic carbocycles. The fourth-order valence-corrected chi connectivity index (χ4v) is 2.25. The Hall–Kier alpha value is -1.89. The molecule has 1 N–H and O–H groups in total. The van der Waals surface area contributed by atoms with Crippen molar-refractivity contribution < 1.29 is 0 Å². The minimum absolute atomic E-state index is 0.988. The van der Waals surface area contributed by atoms with E-state index in [0.717, 1.165) is 12.0 Å². The summed E-state index contributed by atoms with van der Waals surface area (Å²) in [5.41, 5.74) is 6.41. The van der Waals surface area contributed by atoms with Crippen LogP contribution in [0.5, 0.6) is 0 Å². The number of hydrogen-bond acceptors (Lipinski definition) is 1. The quantitative estimate of drug-likeness (QED) is 0.573. The highest BCUT2D eigenvalue weighted by molar-refractivity contribution is 5.83. The van der Waals surface area contributed by atoms with E-state index in [0.29, 0.717) is 0 Å². The smallest absolute Gasteiger partial charge is 0.0250 e. The standard InChI is InChI=1S/C14H11N/c15-9-10-5-6-14-12(7-10)8-11-3-1-2-4-13(11)14/h1-7,9,15H,8H2. The molecule has 1 nitrogen and oxygen atoms in total. The second-order valence-corrected chi connectivity index (χ2v) is 3.89. The molecule has 0 aromatic heterocycles. The van der Waals surface area contributed by atoms with Crippen molar-refractivity contribution in [3.8, 4) is 11.1 Å². The minimum Gasteiger partial charge on any atom is -0.308 e. The molecule has 1 heteroatoms. The van der Waals surface area contributed by atoms with Crippen molar-refractivity contribution >= 4 is 6.21 Å². The molecule has 1 aliphatic carbocycles. The van der Waals surface area contributed by atoms with Gasteiger partial charge in [-0.2, -0.15) is 0 Å². The van der Waals surface area contributed by atoms with Crippen LogP contribution in [0, 0.1) is 5.41 Å². The lowest BCUT2D eigenvalue weighted by Crippen LogP contribution is -1.84. The van der Waals surface area contributed by atoms with Gasteiger partial charge in [-0.05, 0) is 40.3 Å². The molecule has 0 radical (unpaired) electrons. The molecular formula is C14H11N. The Labute approximate surface area is 88.9 Å². The summed E-state index contributed by atoms with van der Waals surface area (Å²) in [6.45, 7) is 0. The molecule has 1 aliphatic rings. The molecule has 0 aliphatic heterocycles. The summed E-state index contributed by atoms with van der Waals surface area (Å²) < 4.78 is 0. The second-order valence-electron chi connectivity index (χ2n) is 3.89. The van der Waals surface area contributed by atoms with E-state index in [9.17, 15) is 0 Å². The third-order valence-electron chi connectivity index (χ3n) is 2.98. The molecule has 3 rings (SSSR count). The molecule has 0 fully saturated rings. The van der Waals surface area contributed by atoms with E-state index >= 15 is 0 Å². The average molecular weight is 193 g/mol. The van der Waals surface area contributed by atoms with Crippen LogP contribution in [0.15, 0.2) is 42.5 Å². The Kier molecular flexibility index (Phi) is 1.72. The van der Waals surface area contributed by atoms with E-state index in [2.05, 4.69) is 36.4 Å². The van der Waals surface area contributed by atoms with Crippen molar-refractivity contribution in [2.75, 3.05) is 0 Å². The van der Waals surface area contributed by atoms with Crippen LogP contribution in [0.25, 0.3) is 11.1 Å². The van der Waals surface area contributed by atoms with Gasteiger partial charge < -0.3 is 5.41 Å². The van der Waals surface area contributed by atoms with Crippen LogP contribution in [0.1, 0.15) is 16.7 Å². The van der Waals surface area contributed by atoms with E-state index in [1.807, 2.05) is 6.07 Å². The third-order valence-corrected chi connectivity index (χ3v) is 2.98. The van der Waals surface area contributed by atoms with Crippen molar-refractivity contribution in [1.82, 2.24) is 0 Å². The lowest BCUT2D eigenvalue weighted by molar-refractivity contribution is 1.26. The molecule has 0 bridgehead atoms. The topological polar surface area (TPSA) is 23.9 Å². The lowest BCUT2D eigenvalue weighted by atomic mass is 10.0. The second kappa shape index (κ2) is 3.06. The highest BCUT2D eigenvalue weighted by atomic mass is 14.3. The van der Waals surface area contributed by atoms with Crippen molar-refractivity contribution in [3.63, 3.8) is 0 Å². The van der Waals surface area contributed by atoms with Crippen molar-refractivity contribution in [3.05, 3.63) is 59.2 Å². The fraction of sp³-hybridized carbons (Fsp3) is 0.0714. The zero-order valence-electron chi connectivity index (χ0n) is 8.33.